The Bertz CT molecular complexity index is 626. The zero-order valence-corrected chi connectivity index (χ0v) is 11.9. The van der Waals surface area contributed by atoms with E-state index in [2.05, 4.69) is 0 Å². The van der Waals surface area contributed by atoms with Gasteiger partial charge in [-0.1, -0.05) is 18.2 Å². The Kier molecular flexibility index (Phi) is 5.21. The molecule has 0 bridgehead atoms. The van der Waals surface area contributed by atoms with E-state index in [9.17, 15) is 9.90 Å². The van der Waals surface area contributed by atoms with Crippen molar-refractivity contribution in [2.24, 2.45) is 0 Å². The number of hydrogen-bond acceptors (Lipinski definition) is 5. The molecule has 0 saturated carbocycles. The lowest BCUT2D eigenvalue weighted by Crippen LogP contribution is -2.26. The molecule has 1 atom stereocenters. The average Bonchev–Trinajstić information content (AvgIpc) is 2.52. The van der Waals surface area contributed by atoms with Crippen molar-refractivity contribution in [3.8, 4) is 17.2 Å². The van der Waals surface area contributed by atoms with Crippen LogP contribution in [0.3, 0.4) is 0 Å². The number of carbonyl (C=O) groups is 1. The predicted molar refractivity (Wildman–Crippen MR) is 78.4 cm³/mol. The van der Waals surface area contributed by atoms with Gasteiger partial charge in [-0.2, -0.15) is 0 Å². The topological polar surface area (TPSA) is 85.2 Å². The fourth-order valence-electron chi connectivity index (χ4n) is 1.75. The van der Waals surface area contributed by atoms with Gasteiger partial charge in [0.1, 0.15) is 22.8 Å². The second-order valence-electron chi connectivity index (χ2n) is 4.39. The number of para-hydroxylation sites is 1. The van der Waals surface area contributed by atoms with Crippen molar-refractivity contribution in [1.29, 1.82) is 0 Å². The molecule has 6 nitrogen and oxygen atoms in total. The Hall–Kier alpha value is -2.73. The van der Waals surface area contributed by atoms with Crippen LogP contribution in [0.5, 0.6) is 17.2 Å². The van der Waals surface area contributed by atoms with Crippen LogP contribution in [0.25, 0.3) is 0 Å². The second kappa shape index (κ2) is 7.33. The fraction of sp³-hybridized carbons (Fsp3) is 0.188. The van der Waals surface area contributed by atoms with Crippen molar-refractivity contribution in [3.05, 3.63) is 54.1 Å². The number of carboxylic acids is 1. The summed E-state index contributed by atoms with van der Waals surface area (Å²) >= 11 is 0. The van der Waals surface area contributed by atoms with Gasteiger partial charge in [0.05, 0.1) is 0 Å². The van der Waals surface area contributed by atoms with Crippen molar-refractivity contribution in [3.63, 3.8) is 0 Å². The zero-order chi connectivity index (χ0) is 15.9. The highest BCUT2D eigenvalue weighted by atomic mass is 16.7. The van der Waals surface area contributed by atoms with E-state index in [0.29, 0.717) is 11.5 Å². The summed E-state index contributed by atoms with van der Waals surface area (Å²) in [5.74, 6) is -0.600. The summed E-state index contributed by atoms with van der Waals surface area (Å²) in [6, 6.07) is 13.1. The van der Waals surface area contributed by atoms with Crippen molar-refractivity contribution >= 4 is 5.97 Å². The van der Waals surface area contributed by atoms with Gasteiger partial charge in [0.25, 0.3) is 0 Å². The van der Waals surface area contributed by atoms with E-state index in [0.717, 1.165) is 0 Å². The SMILES string of the molecule is COC(COc1ccc(C(=O)O)c(O)c1)Oc1ccccc1. The lowest BCUT2D eigenvalue weighted by Gasteiger charge is -2.18. The van der Waals surface area contributed by atoms with E-state index in [1.807, 2.05) is 18.2 Å². The van der Waals surface area contributed by atoms with Gasteiger partial charge in [0.2, 0.25) is 6.29 Å². The third kappa shape index (κ3) is 4.13. The van der Waals surface area contributed by atoms with Crippen LogP contribution in [0.15, 0.2) is 48.5 Å². The highest BCUT2D eigenvalue weighted by molar-refractivity contribution is 5.90. The first-order chi connectivity index (χ1) is 10.6. The average molecular weight is 304 g/mol. The molecule has 0 amide bonds. The first-order valence-electron chi connectivity index (χ1n) is 6.53. The molecule has 22 heavy (non-hydrogen) atoms. The Balaban J connectivity index is 1.96. The van der Waals surface area contributed by atoms with Gasteiger partial charge < -0.3 is 24.4 Å². The zero-order valence-electron chi connectivity index (χ0n) is 11.9. The van der Waals surface area contributed by atoms with Gasteiger partial charge in [-0.3, -0.25) is 0 Å². The van der Waals surface area contributed by atoms with Crippen LogP contribution in [0.1, 0.15) is 10.4 Å². The van der Waals surface area contributed by atoms with Crippen LogP contribution in [-0.4, -0.2) is 36.2 Å². The van der Waals surface area contributed by atoms with E-state index in [1.165, 1.54) is 25.3 Å². The van der Waals surface area contributed by atoms with Crippen molar-refractivity contribution in [1.82, 2.24) is 0 Å². The second-order valence-corrected chi connectivity index (χ2v) is 4.39. The summed E-state index contributed by atoms with van der Waals surface area (Å²) < 4.78 is 16.2. The van der Waals surface area contributed by atoms with Gasteiger partial charge in [-0.15, -0.1) is 0 Å². The van der Waals surface area contributed by atoms with E-state index in [4.69, 9.17) is 19.3 Å². The van der Waals surface area contributed by atoms with Gasteiger partial charge in [0.15, 0.2) is 6.61 Å². The molecule has 0 aliphatic carbocycles. The maximum Gasteiger partial charge on any atom is 0.339 e. The number of methoxy groups -OCH3 is 1. The third-order valence-corrected chi connectivity index (χ3v) is 2.86. The minimum atomic E-state index is -1.20. The summed E-state index contributed by atoms with van der Waals surface area (Å²) in [6.45, 7) is 0.0806. The number of carboxylic acid groups (broad SMARTS) is 1. The lowest BCUT2D eigenvalue weighted by atomic mass is 10.2. The van der Waals surface area contributed by atoms with E-state index in [1.54, 1.807) is 12.1 Å². The standard InChI is InChI=1S/C16H16O6/c1-20-15(22-11-5-3-2-4-6-11)10-21-12-7-8-13(16(18)19)14(17)9-12/h2-9,15,17H,10H2,1H3,(H,18,19). The molecule has 0 saturated heterocycles. The quantitative estimate of drug-likeness (QED) is 0.765. The number of benzene rings is 2. The van der Waals surface area contributed by atoms with Gasteiger partial charge >= 0.3 is 5.97 Å². The lowest BCUT2D eigenvalue weighted by molar-refractivity contribution is -0.0781. The molecule has 116 valence electrons. The van der Waals surface area contributed by atoms with Gasteiger partial charge in [0, 0.05) is 13.2 Å². The molecule has 2 aromatic rings. The molecule has 0 aliphatic rings. The van der Waals surface area contributed by atoms with Gasteiger partial charge in [-0.25, -0.2) is 4.79 Å². The Morgan fingerprint density at radius 2 is 1.86 bits per heavy atom. The number of phenols is 1. The van der Waals surface area contributed by atoms with Crippen LogP contribution < -0.4 is 9.47 Å². The third-order valence-electron chi connectivity index (χ3n) is 2.86. The smallest absolute Gasteiger partial charge is 0.339 e. The monoisotopic (exact) mass is 304 g/mol. The molecule has 6 heteroatoms. The van der Waals surface area contributed by atoms with Crippen molar-refractivity contribution in [2.45, 2.75) is 6.29 Å². The summed E-state index contributed by atoms with van der Waals surface area (Å²) in [7, 11) is 1.49. The van der Waals surface area contributed by atoms with E-state index < -0.39 is 12.3 Å². The van der Waals surface area contributed by atoms with Crippen LogP contribution in [0.2, 0.25) is 0 Å². The molecule has 0 aromatic heterocycles. The van der Waals surface area contributed by atoms with Gasteiger partial charge in [-0.05, 0) is 24.3 Å². The van der Waals surface area contributed by atoms with Crippen LogP contribution in [0.4, 0.5) is 0 Å². The molecule has 0 radical (unpaired) electrons. The maximum absolute atomic E-state index is 10.8. The van der Waals surface area contributed by atoms with Crippen LogP contribution in [-0.2, 0) is 4.74 Å². The number of hydrogen-bond donors (Lipinski definition) is 2. The Morgan fingerprint density at radius 3 is 2.45 bits per heavy atom. The molecule has 0 fully saturated rings. The highest BCUT2D eigenvalue weighted by Crippen LogP contribution is 2.24. The summed E-state index contributed by atoms with van der Waals surface area (Å²) in [5, 5.41) is 18.4. The summed E-state index contributed by atoms with van der Waals surface area (Å²) in [6.07, 6.45) is -0.635. The molecular weight excluding hydrogens is 288 g/mol. The van der Waals surface area contributed by atoms with E-state index >= 15 is 0 Å². The fourth-order valence-corrected chi connectivity index (χ4v) is 1.75. The first-order valence-corrected chi connectivity index (χ1v) is 6.53. The molecule has 0 aliphatic heterocycles. The summed E-state index contributed by atoms with van der Waals surface area (Å²) in [5.41, 5.74) is -0.184. The predicted octanol–water partition coefficient (Wildman–Crippen LogP) is 2.52. The molecule has 2 N–H and O–H groups in total. The largest absolute Gasteiger partial charge is 0.507 e. The highest BCUT2D eigenvalue weighted by Gasteiger charge is 2.13. The minimum Gasteiger partial charge on any atom is -0.507 e. The van der Waals surface area contributed by atoms with Crippen molar-refractivity contribution in [2.75, 3.05) is 13.7 Å². The molecule has 1 unspecified atom stereocenters. The molecule has 2 aromatic carbocycles. The normalized spacial score (nSPS) is 11.7. The number of rotatable bonds is 7. The molecule has 2 rings (SSSR count). The molecule has 0 spiro atoms. The first kappa shape index (κ1) is 15.7. The number of aromatic carboxylic acids is 1. The summed E-state index contributed by atoms with van der Waals surface area (Å²) in [4.78, 5) is 10.8. The minimum absolute atomic E-state index is 0.0806. The maximum atomic E-state index is 10.8. The Morgan fingerprint density at radius 1 is 1.14 bits per heavy atom. The molecule has 0 heterocycles. The van der Waals surface area contributed by atoms with Crippen LogP contribution in [0, 0.1) is 0 Å². The molecular formula is C16H16O6. The number of ether oxygens (including phenoxy) is 3. The van der Waals surface area contributed by atoms with E-state index in [-0.39, 0.29) is 17.9 Å². The number of aromatic hydroxyl groups is 1. The van der Waals surface area contributed by atoms with Crippen molar-refractivity contribution < 1.29 is 29.2 Å². The Labute approximate surface area is 127 Å². The van der Waals surface area contributed by atoms with Crippen LogP contribution >= 0.6 is 0 Å².